The fraction of sp³-hybridized carbons (Fsp3) is 0.562. The van der Waals surface area contributed by atoms with Gasteiger partial charge in [0.1, 0.15) is 12.4 Å². The summed E-state index contributed by atoms with van der Waals surface area (Å²) in [6.07, 6.45) is -1.57. The zero-order chi connectivity index (χ0) is 17.2. The lowest BCUT2D eigenvalue weighted by molar-refractivity contribution is 0.0822. The van der Waals surface area contributed by atoms with Crippen LogP contribution in [0.4, 0.5) is 19.3 Å². The first-order valence-electron chi connectivity index (χ1n) is 7.70. The van der Waals surface area contributed by atoms with Gasteiger partial charge in [-0.1, -0.05) is 38.8 Å². The molecule has 0 fully saturated rings. The number of aliphatic hydroxyl groups is 1. The van der Waals surface area contributed by atoms with E-state index >= 15 is 0 Å². The summed E-state index contributed by atoms with van der Waals surface area (Å²) < 4.78 is 29.4. The van der Waals surface area contributed by atoms with Gasteiger partial charge >= 0.3 is 6.03 Å². The maximum atomic E-state index is 12.2. The molecule has 1 rings (SSSR count). The maximum Gasteiger partial charge on any atom is 0.319 e. The number of urea groups is 1. The summed E-state index contributed by atoms with van der Waals surface area (Å²) in [5.74, 6) is 0.292. The van der Waals surface area contributed by atoms with Crippen LogP contribution in [-0.4, -0.2) is 36.8 Å². The molecule has 7 heteroatoms. The first-order valence-corrected chi connectivity index (χ1v) is 7.70. The molecule has 5 nitrogen and oxygen atoms in total. The topological polar surface area (TPSA) is 70.6 Å². The van der Waals surface area contributed by atoms with Crippen molar-refractivity contribution in [2.24, 2.45) is 5.92 Å². The van der Waals surface area contributed by atoms with Gasteiger partial charge in [0.15, 0.2) is 0 Å². The summed E-state index contributed by atoms with van der Waals surface area (Å²) in [6, 6.07) is 5.81. The third-order valence-electron chi connectivity index (χ3n) is 3.56. The van der Waals surface area contributed by atoms with Crippen molar-refractivity contribution in [3.05, 3.63) is 24.3 Å². The number of rotatable bonds is 9. The molecule has 0 bridgehead atoms. The van der Waals surface area contributed by atoms with Crippen LogP contribution in [0.2, 0.25) is 0 Å². The zero-order valence-corrected chi connectivity index (χ0v) is 13.4. The number of alkyl halides is 2. The highest BCUT2D eigenvalue weighted by Crippen LogP contribution is 2.24. The van der Waals surface area contributed by atoms with Gasteiger partial charge < -0.3 is 20.5 Å². The van der Waals surface area contributed by atoms with Gasteiger partial charge in [0, 0.05) is 6.54 Å². The number of aliphatic hydroxyl groups excluding tert-OH is 1. The average molecular weight is 330 g/mol. The number of amides is 2. The zero-order valence-electron chi connectivity index (χ0n) is 13.4. The van der Waals surface area contributed by atoms with E-state index < -0.39 is 25.2 Å². The first-order chi connectivity index (χ1) is 11.0. The number of benzene rings is 1. The van der Waals surface area contributed by atoms with E-state index in [1.54, 1.807) is 18.2 Å². The van der Waals surface area contributed by atoms with E-state index in [1.807, 2.05) is 13.8 Å². The predicted molar refractivity (Wildman–Crippen MR) is 85.0 cm³/mol. The van der Waals surface area contributed by atoms with E-state index in [2.05, 4.69) is 10.6 Å². The number of carbonyl (C=O) groups excluding carboxylic acids is 1. The van der Waals surface area contributed by atoms with Gasteiger partial charge in [-0.3, -0.25) is 0 Å². The van der Waals surface area contributed by atoms with Crippen molar-refractivity contribution in [2.45, 2.75) is 39.2 Å². The fourth-order valence-electron chi connectivity index (χ4n) is 2.21. The monoisotopic (exact) mass is 330 g/mol. The molecule has 130 valence electrons. The molecule has 0 radical (unpaired) electrons. The normalized spacial score (nSPS) is 12.3. The summed E-state index contributed by atoms with van der Waals surface area (Å²) in [7, 11) is 0. The molecule has 0 aliphatic heterocycles. The molecule has 0 saturated heterocycles. The molecular formula is C16H24F2N2O3. The number of para-hydroxylation sites is 2. The summed E-state index contributed by atoms with van der Waals surface area (Å²) in [6.45, 7) is 3.34. The first kappa shape index (κ1) is 19.2. The Morgan fingerprint density at radius 1 is 1.26 bits per heavy atom. The minimum Gasteiger partial charge on any atom is -0.485 e. The van der Waals surface area contributed by atoms with Crippen LogP contribution in [0.25, 0.3) is 0 Å². The minimum absolute atomic E-state index is 0.122. The van der Waals surface area contributed by atoms with E-state index in [4.69, 9.17) is 4.74 Å². The highest BCUT2D eigenvalue weighted by Gasteiger charge is 2.16. The molecule has 1 unspecified atom stereocenters. The lowest BCUT2D eigenvalue weighted by atomic mass is 9.97. The van der Waals surface area contributed by atoms with Crippen molar-refractivity contribution < 1.29 is 23.4 Å². The van der Waals surface area contributed by atoms with E-state index in [9.17, 15) is 18.7 Å². The summed E-state index contributed by atoms with van der Waals surface area (Å²) in [5, 5.41) is 15.1. The van der Waals surface area contributed by atoms with E-state index in [-0.39, 0.29) is 18.2 Å². The molecule has 1 aromatic carbocycles. The Hall–Kier alpha value is -1.89. The number of anilines is 1. The van der Waals surface area contributed by atoms with Gasteiger partial charge in [0.05, 0.1) is 11.8 Å². The van der Waals surface area contributed by atoms with Gasteiger partial charge in [-0.15, -0.1) is 0 Å². The molecule has 0 saturated carbocycles. The van der Waals surface area contributed by atoms with E-state index in [0.717, 1.165) is 12.8 Å². The van der Waals surface area contributed by atoms with Crippen LogP contribution in [0.5, 0.6) is 5.75 Å². The Morgan fingerprint density at radius 3 is 2.52 bits per heavy atom. The molecule has 2 amide bonds. The third-order valence-corrected chi connectivity index (χ3v) is 3.56. The molecular weight excluding hydrogens is 306 g/mol. The van der Waals surface area contributed by atoms with Crippen molar-refractivity contribution in [2.75, 3.05) is 18.5 Å². The molecule has 0 heterocycles. The summed E-state index contributed by atoms with van der Waals surface area (Å²) >= 11 is 0. The van der Waals surface area contributed by atoms with Gasteiger partial charge in [-0.25, -0.2) is 13.6 Å². The average Bonchev–Trinajstić information content (AvgIpc) is 2.53. The number of hydrogen-bond acceptors (Lipinski definition) is 3. The van der Waals surface area contributed by atoms with Crippen LogP contribution in [0.15, 0.2) is 24.3 Å². The Bertz CT molecular complexity index is 482. The Labute approximate surface area is 135 Å². The number of halogens is 2. The van der Waals surface area contributed by atoms with Gasteiger partial charge in [0.25, 0.3) is 6.43 Å². The molecule has 0 aliphatic carbocycles. The van der Waals surface area contributed by atoms with Crippen molar-refractivity contribution in [3.8, 4) is 5.75 Å². The van der Waals surface area contributed by atoms with Gasteiger partial charge in [0.2, 0.25) is 0 Å². The molecule has 3 N–H and O–H groups in total. The molecule has 23 heavy (non-hydrogen) atoms. The lowest BCUT2D eigenvalue weighted by Crippen LogP contribution is -2.38. The van der Waals surface area contributed by atoms with Gasteiger partial charge in [-0.05, 0) is 18.1 Å². The lowest BCUT2D eigenvalue weighted by Gasteiger charge is -2.20. The van der Waals surface area contributed by atoms with Crippen LogP contribution in [0.1, 0.15) is 26.7 Å². The second-order valence-electron chi connectivity index (χ2n) is 5.18. The third kappa shape index (κ3) is 6.81. The highest BCUT2D eigenvalue weighted by molar-refractivity contribution is 5.90. The highest BCUT2D eigenvalue weighted by atomic mass is 19.3. The molecule has 0 aromatic heterocycles. The predicted octanol–water partition coefficient (Wildman–Crippen LogP) is 3.25. The summed E-state index contributed by atoms with van der Waals surface area (Å²) in [5.41, 5.74) is 0.294. The van der Waals surface area contributed by atoms with Gasteiger partial charge in [-0.2, -0.15) is 0 Å². The Kier molecular flexibility index (Phi) is 8.32. The SMILES string of the molecule is CCC(CC)C(O)CNC(=O)Nc1ccccc1OCC(F)F. The summed E-state index contributed by atoms with van der Waals surface area (Å²) in [4.78, 5) is 11.9. The Balaban J connectivity index is 2.54. The second kappa shape index (κ2) is 9.99. The molecule has 0 aliphatic rings. The minimum atomic E-state index is -2.59. The van der Waals surface area contributed by atoms with E-state index in [0.29, 0.717) is 5.69 Å². The molecule has 0 spiro atoms. The number of ether oxygens (including phenoxy) is 1. The molecule has 1 atom stereocenters. The molecule has 1 aromatic rings. The van der Waals surface area contributed by atoms with Crippen LogP contribution in [-0.2, 0) is 0 Å². The van der Waals surface area contributed by atoms with Crippen LogP contribution < -0.4 is 15.4 Å². The number of hydrogen-bond donors (Lipinski definition) is 3. The maximum absolute atomic E-state index is 12.2. The largest absolute Gasteiger partial charge is 0.485 e. The van der Waals surface area contributed by atoms with E-state index in [1.165, 1.54) is 6.07 Å². The van der Waals surface area contributed by atoms with Crippen molar-refractivity contribution in [1.82, 2.24) is 5.32 Å². The standard InChI is InChI=1S/C16H24F2N2O3/c1-3-11(4-2)13(21)9-19-16(22)20-12-7-5-6-8-14(12)23-10-15(17)18/h5-8,11,13,15,21H,3-4,9-10H2,1-2H3,(H2,19,20,22). The quantitative estimate of drug-likeness (QED) is 0.651. The smallest absolute Gasteiger partial charge is 0.319 e. The number of carbonyl (C=O) groups is 1. The number of nitrogens with one attached hydrogen (secondary N) is 2. The van der Waals surface area contributed by atoms with Crippen LogP contribution >= 0.6 is 0 Å². The van der Waals surface area contributed by atoms with Crippen molar-refractivity contribution >= 4 is 11.7 Å². The van der Waals surface area contributed by atoms with Crippen molar-refractivity contribution in [3.63, 3.8) is 0 Å². The van der Waals surface area contributed by atoms with Crippen LogP contribution in [0, 0.1) is 5.92 Å². The van der Waals surface area contributed by atoms with Crippen LogP contribution in [0.3, 0.4) is 0 Å². The van der Waals surface area contributed by atoms with Crippen molar-refractivity contribution in [1.29, 1.82) is 0 Å². The Morgan fingerprint density at radius 2 is 1.91 bits per heavy atom. The fourth-order valence-corrected chi connectivity index (χ4v) is 2.21. The second-order valence-corrected chi connectivity index (χ2v) is 5.18.